The SMILES string of the molecule is COc1ccc(NC2=CN(c3ccc(CN(C)C)cc3)Cc3[nH]ccc32)cc1O. The van der Waals surface area contributed by atoms with Crippen molar-refractivity contribution in [2.45, 2.75) is 13.1 Å². The number of fused-ring (bicyclic) bond motifs is 1. The smallest absolute Gasteiger partial charge is 0.160 e. The largest absolute Gasteiger partial charge is 0.504 e. The maximum Gasteiger partial charge on any atom is 0.160 e. The first-order valence-electron chi connectivity index (χ1n) is 9.56. The Bertz CT molecular complexity index is 1020. The Kier molecular flexibility index (Phi) is 5.18. The van der Waals surface area contributed by atoms with E-state index in [1.807, 2.05) is 12.3 Å². The normalized spacial score (nSPS) is 13.2. The third-order valence-electron chi connectivity index (χ3n) is 4.96. The van der Waals surface area contributed by atoms with Crippen LogP contribution in [0.4, 0.5) is 11.4 Å². The monoisotopic (exact) mass is 390 g/mol. The predicted molar refractivity (Wildman–Crippen MR) is 117 cm³/mol. The van der Waals surface area contributed by atoms with Crippen LogP contribution in [0.2, 0.25) is 0 Å². The van der Waals surface area contributed by atoms with Crippen LogP contribution in [0.25, 0.3) is 5.70 Å². The van der Waals surface area contributed by atoms with Gasteiger partial charge in [0.2, 0.25) is 0 Å². The van der Waals surface area contributed by atoms with E-state index in [-0.39, 0.29) is 5.75 Å². The summed E-state index contributed by atoms with van der Waals surface area (Å²) < 4.78 is 5.13. The zero-order valence-electron chi connectivity index (χ0n) is 16.9. The number of methoxy groups -OCH3 is 1. The second-order valence-corrected chi connectivity index (χ2v) is 7.46. The summed E-state index contributed by atoms with van der Waals surface area (Å²) in [7, 11) is 5.69. The third-order valence-corrected chi connectivity index (χ3v) is 4.96. The number of phenols is 1. The highest BCUT2D eigenvalue weighted by Gasteiger charge is 2.20. The van der Waals surface area contributed by atoms with Crippen LogP contribution in [0, 0.1) is 0 Å². The molecular formula is C23H26N4O2. The van der Waals surface area contributed by atoms with Crippen LogP contribution in [-0.2, 0) is 13.1 Å². The van der Waals surface area contributed by atoms with Crippen molar-refractivity contribution in [3.63, 3.8) is 0 Å². The van der Waals surface area contributed by atoms with Gasteiger partial charge < -0.3 is 29.9 Å². The van der Waals surface area contributed by atoms with Gasteiger partial charge in [0.05, 0.1) is 19.4 Å². The van der Waals surface area contributed by atoms with E-state index in [0.717, 1.165) is 41.4 Å². The molecule has 1 aliphatic rings. The molecule has 0 saturated carbocycles. The highest BCUT2D eigenvalue weighted by molar-refractivity contribution is 5.82. The Balaban J connectivity index is 1.61. The lowest BCUT2D eigenvalue weighted by Crippen LogP contribution is -2.23. The van der Waals surface area contributed by atoms with Gasteiger partial charge in [0.25, 0.3) is 0 Å². The molecule has 2 heterocycles. The summed E-state index contributed by atoms with van der Waals surface area (Å²) in [5.41, 5.74) is 6.45. The maximum absolute atomic E-state index is 10.1. The molecule has 1 aromatic heterocycles. The molecule has 0 atom stereocenters. The molecule has 6 nitrogen and oxygen atoms in total. The Labute approximate surface area is 171 Å². The van der Waals surface area contributed by atoms with E-state index < -0.39 is 0 Å². The Morgan fingerprint density at radius 1 is 1.14 bits per heavy atom. The number of aromatic nitrogens is 1. The summed E-state index contributed by atoms with van der Waals surface area (Å²) in [6, 6.07) is 16.0. The summed E-state index contributed by atoms with van der Waals surface area (Å²) in [5, 5.41) is 13.5. The first kappa shape index (κ1) is 19.0. The molecule has 0 amide bonds. The molecule has 150 valence electrons. The van der Waals surface area contributed by atoms with Crippen LogP contribution in [0.5, 0.6) is 11.5 Å². The number of phenolic OH excluding ortho intramolecular Hbond substituents is 1. The van der Waals surface area contributed by atoms with Gasteiger partial charge in [-0.3, -0.25) is 0 Å². The van der Waals surface area contributed by atoms with Gasteiger partial charge in [0.15, 0.2) is 11.5 Å². The number of hydrogen-bond donors (Lipinski definition) is 3. The minimum Gasteiger partial charge on any atom is -0.504 e. The minimum absolute atomic E-state index is 0.108. The number of ether oxygens (including phenoxy) is 1. The number of rotatable bonds is 6. The van der Waals surface area contributed by atoms with E-state index >= 15 is 0 Å². The number of nitrogens with one attached hydrogen (secondary N) is 2. The predicted octanol–water partition coefficient (Wildman–Crippen LogP) is 4.22. The lowest BCUT2D eigenvalue weighted by molar-refractivity contribution is 0.373. The average molecular weight is 390 g/mol. The molecule has 29 heavy (non-hydrogen) atoms. The number of aromatic hydroxyl groups is 1. The number of anilines is 2. The first-order chi connectivity index (χ1) is 14.0. The van der Waals surface area contributed by atoms with E-state index in [1.54, 1.807) is 19.2 Å². The number of hydrogen-bond acceptors (Lipinski definition) is 5. The van der Waals surface area contributed by atoms with E-state index in [2.05, 4.69) is 70.7 Å². The summed E-state index contributed by atoms with van der Waals surface area (Å²) in [5.74, 6) is 0.562. The van der Waals surface area contributed by atoms with Crippen molar-refractivity contribution < 1.29 is 9.84 Å². The molecule has 0 bridgehead atoms. The fourth-order valence-corrected chi connectivity index (χ4v) is 3.58. The van der Waals surface area contributed by atoms with Crippen molar-refractivity contribution in [2.24, 2.45) is 0 Å². The Hall–Kier alpha value is -3.38. The first-order valence-corrected chi connectivity index (χ1v) is 9.56. The van der Waals surface area contributed by atoms with Crippen molar-refractivity contribution in [3.05, 3.63) is 77.7 Å². The van der Waals surface area contributed by atoms with E-state index in [0.29, 0.717) is 5.75 Å². The van der Waals surface area contributed by atoms with Crippen LogP contribution in [0.1, 0.15) is 16.8 Å². The zero-order chi connectivity index (χ0) is 20.4. The molecule has 0 fully saturated rings. The molecule has 0 radical (unpaired) electrons. The fraction of sp³-hybridized carbons (Fsp3) is 0.217. The van der Waals surface area contributed by atoms with Gasteiger partial charge in [0.1, 0.15) is 0 Å². The average Bonchev–Trinajstić information content (AvgIpc) is 3.17. The van der Waals surface area contributed by atoms with Crippen molar-refractivity contribution in [1.29, 1.82) is 0 Å². The van der Waals surface area contributed by atoms with Crippen LogP contribution >= 0.6 is 0 Å². The van der Waals surface area contributed by atoms with Crippen molar-refractivity contribution in [1.82, 2.24) is 9.88 Å². The number of aromatic amines is 1. The van der Waals surface area contributed by atoms with Gasteiger partial charge in [-0.1, -0.05) is 12.1 Å². The van der Waals surface area contributed by atoms with Gasteiger partial charge in [-0.25, -0.2) is 0 Å². The van der Waals surface area contributed by atoms with Gasteiger partial charge in [0, 0.05) is 47.6 Å². The standard InChI is InChI=1S/C23H26N4O2/c1-26(2)13-16-4-7-18(8-5-16)27-14-20-19(10-11-24-20)21(15-27)25-17-6-9-23(29-3)22(28)12-17/h4-12,15,24-25,28H,13-14H2,1-3H3. The van der Waals surface area contributed by atoms with Crippen LogP contribution in [0.3, 0.4) is 0 Å². The van der Waals surface area contributed by atoms with Gasteiger partial charge >= 0.3 is 0 Å². The number of H-pyrrole nitrogens is 1. The minimum atomic E-state index is 0.108. The molecule has 3 aromatic rings. The van der Waals surface area contributed by atoms with E-state index in [4.69, 9.17) is 4.74 Å². The second kappa shape index (κ2) is 7.93. The molecule has 1 aliphatic heterocycles. The van der Waals surface area contributed by atoms with Crippen LogP contribution in [0.15, 0.2) is 60.9 Å². The molecule has 2 aromatic carbocycles. The van der Waals surface area contributed by atoms with Gasteiger partial charge in [-0.05, 0) is 50.0 Å². The highest BCUT2D eigenvalue weighted by Crippen LogP contribution is 2.33. The summed E-state index contributed by atoms with van der Waals surface area (Å²) in [6.07, 6.45) is 4.06. The number of nitrogens with zero attached hydrogens (tertiary/aromatic N) is 2. The summed E-state index contributed by atoms with van der Waals surface area (Å²) in [4.78, 5) is 7.71. The van der Waals surface area contributed by atoms with Crippen molar-refractivity contribution in [2.75, 3.05) is 31.4 Å². The van der Waals surface area contributed by atoms with Gasteiger partial charge in [-0.15, -0.1) is 0 Å². The van der Waals surface area contributed by atoms with E-state index in [9.17, 15) is 5.11 Å². The van der Waals surface area contributed by atoms with E-state index in [1.165, 1.54) is 5.56 Å². The van der Waals surface area contributed by atoms with Gasteiger partial charge in [-0.2, -0.15) is 0 Å². The van der Waals surface area contributed by atoms with Crippen LogP contribution < -0.4 is 15.0 Å². The lowest BCUT2D eigenvalue weighted by Gasteiger charge is -2.28. The molecule has 6 heteroatoms. The molecule has 0 aliphatic carbocycles. The topological polar surface area (TPSA) is 63.8 Å². The molecule has 0 unspecified atom stereocenters. The quantitative estimate of drug-likeness (QED) is 0.588. The molecule has 3 N–H and O–H groups in total. The molecule has 0 spiro atoms. The summed E-state index contributed by atoms with van der Waals surface area (Å²) in [6.45, 7) is 1.69. The molecular weight excluding hydrogens is 364 g/mol. The lowest BCUT2D eigenvalue weighted by atomic mass is 10.1. The summed E-state index contributed by atoms with van der Waals surface area (Å²) >= 11 is 0. The maximum atomic E-state index is 10.1. The Morgan fingerprint density at radius 3 is 2.62 bits per heavy atom. The third kappa shape index (κ3) is 4.07. The zero-order valence-corrected chi connectivity index (χ0v) is 16.9. The van der Waals surface area contributed by atoms with Crippen molar-refractivity contribution in [3.8, 4) is 11.5 Å². The molecule has 0 saturated heterocycles. The fourth-order valence-electron chi connectivity index (χ4n) is 3.58. The molecule has 4 rings (SSSR count). The van der Waals surface area contributed by atoms with Crippen molar-refractivity contribution >= 4 is 17.1 Å². The highest BCUT2D eigenvalue weighted by atomic mass is 16.5. The van der Waals surface area contributed by atoms with Crippen LogP contribution in [-0.4, -0.2) is 36.2 Å². The Morgan fingerprint density at radius 2 is 1.93 bits per heavy atom. The second-order valence-electron chi connectivity index (χ2n) is 7.46. The number of benzene rings is 2.